The van der Waals surface area contributed by atoms with Crippen LogP contribution < -0.4 is 4.90 Å². The van der Waals surface area contributed by atoms with Gasteiger partial charge in [-0.15, -0.1) is 0 Å². The summed E-state index contributed by atoms with van der Waals surface area (Å²) in [6, 6.07) is 5.98. The molecule has 1 fully saturated rings. The molecule has 0 bridgehead atoms. The van der Waals surface area contributed by atoms with Crippen LogP contribution in [0.25, 0.3) is 0 Å². The van der Waals surface area contributed by atoms with Crippen molar-refractivity contribution in [3.63, 3.8) is 0 Å². The number of aryl methyl sites for hydroxylation is 2. The smallest absolute Gasteiger partial charge is 0.308 e. The minimum atomic E-state index is -0.866. The van der Waals surface area contributed by atoms with Crippen molar-refractivity contribution in [3.05, 3.63) is 29.3 Å². The molecule has 114 valence electrons. The molecule has 1 aromatic carbocycles. The summed E-state index contributed by atoms with van der Waals surface area (Å²) in [6.45, 7) is 5.92. The molecule has 1 saturated carbocycles. The highest BCUT2D eigenvalue weighted by atomic mass is 16.4. The van der Waals surface area contributed by atoms with Crippen molar-refractivity contribution in [3.8, 4) is 0 Å². The van der Waals surface area contributed by atoms with E-state index in [9.17, 15) is 14.7 Å². The highest BCUT2D eigenvalue weighted by Crippen LogP contribution is 2.35. The van der Waals surface area contributed by atoms with Crippen molar-refractivity contribution < 1.29 is 14.7 Å². The van der Waals surface area contributed by atoms with Gasteiger partial charge in [0.2, 0.25) is 5.91 Å². The van der Waals surface area contributed by atoms with Crippen molar-refractivity contribution in [2.24, 2.45) is 11.8 Å². The van der Waals surface area contributed by atoms with Crippen molar-refractivity contribution in [1.29, 1.82) is 0 Å². The molecule has 0 spiro atoms. The summed E-state index contributed by atoms with van der Waals surface area (Å²) < 4.78 is 0. The Morgan fingerprint density at radius 3 is 2.57 bits per heavy atom. The summed E-state index contributed by atoms with van der Waals surface area (Å²) >= 11 is 0. The zero-order chi connectivity index (χ0) is 15.6. The molecule has 4 nitrogen and oxygen atoms in total. The number of benzene rings is 1. The van der Waals surface area contributed by atoms with E-state index in [1.807, 2.05) is 25.1 Å². The maximum atomic E-state index is 12.6. The molecule has 1 unspecified atom stereocenters. The van der Waals surface area contributed by atoms with Crippen molar-refractivity contribution in [2.45, 2.75) is 40.0 Å². The highest BCUT2D eigenvalue weighted by molar-refractivity contribution is 5.98. The number of carbonyl (C=O) groups excluding carboxylic acids is 1. The van der Waals surface area contributed by atoms with Crippen LogP contribution in [-0.2, 0) is 16.0 Å². The van der Waals surface area contributed by atoms with Crippen LogP contribution in [-0.4, -0.2) is 23.5 Å². The lowest BCUT2D eigenvalue weighted by Crippen LogP contribution is -2.39. The maximum Gasteiger partial charge on any atom is 0.308 e. The minimum absolute atomic E-state index is 0.0760. The van der Waals surface area contributed by atoms with Crippen LogP contribution in [0.2, 0.25) is 0 Å². The fraction of sp³-hybridized carbons (Fsp3) is 0.529. The Kier molecular flexibility index (Phi) is 4.66. The number of carboxylic acids is 1. The second kappa shape index (κ2) is 6.29. The van der Waals surface area contributed by atoms with E-state index in [-0.39, 0.29) is 18.4 Å². The molecule has 0 saturated heterocycles. The van der Waals surface area contributed by atoms with Crippen LogP contribution >= 0.6 is 0 Å². The van der Waals surface area contributed by atoms with Gasteiger partial charge in [0.15, 0.2) is 0 Å². The van der Waals surface area contributed by atoms with E-state index in [2.05, 4.69) is 6.92 Å². The Hall–Kier alpha value is -1.84. The summed E-state index contributed by atoms with van der Waals surface area (Å²) in [5.74, 6) is -1.28. The van der Waals surface area contributed by atoms with Gasteiger partial charge in [-0.25, -0.2) is 0 Å². The first-order chi connectivity index (χ1) is 9.95. The van der Waals surface area contributed by atoms with Crippen LogP contribution in [0, 0.1) is 18.8 Å². The maximum absolute atomic E-state index is 12.6. The zero-order valence-electron chi connectivity index (χ0n) is 12.9. The minimum Gasteiger partial charge on any atom is -0.481 e. The van der Waals surface area contributed by atoms with Gasteiger partial charge in [0.25, 0.3) is 0 Å². The molecule has 4 heteroatoms. The quantitative estimate of drug-likeness (QED) is 0.875. The lowest BCUT2D eigenvalue weighted by atomic mass is 10.0. The Bertz CT molecular complexity index is 549. The predicted octanol–water partition coefficient (Wildman–Crippen LogP) is 3.02. The summed E-state index contributed by atoms with van der Waals surface area (Å²) in [6.07, 6.45) is 2.67. The van der Waals surface area contributed by atoms with Crippen molar-refractivity contribution >= 4 is 17.6 Å². The molecule has 1 atom stereocenters. The zero-order valence-corrected chi connectivity index (χ0v) is 12.9. The molecular formula is C17H23NO3. The van der Waals surface area contributed by atoms with Crippen LogP contribution in [0.15, 0.2) is 18.2 Å². The Morgan fingerprint density at radius 1 is 1.38 bits per heavy atom. The Labute approximate surface area is 125 Å². The predicted molar refractivity (Wildman–Crippen MR) is 82.4 cm³/mol. The number of aliphatic carboxylic acids is 1. The molecule has 1 amide bonds. The summed E-state index contributed by atoms with van der Waals surface area (Å²) in [5.41, 5.74) is 3.03. The number of nitrogens with zero attached hydrogens (tertiary/aromatic N) is 1. The molecule has 0 aromatic heterocycles. The molecule has 0 heterocycles. The Balaban J connectivity index is 2.39. The summed E-state index contributed by atoms with van der Waals surface area (Å²) in [4.78, 5) is 25.5. The van der Waals surface area contributed by atoms with Crippen LogP contribution in [0.1, 0.15) is 37.8 Å². The molecule has 2 rings (SSSR count). The third-order valence-corrected chi connectivity index (χ3v) is 4.04. The molecule has 1 aliphatic carbocycles. The van der Waals surface area contributed by atoms with Gasteiger partial charge in [-0.3, -0.25) is 9.59 Å². The number of hydrogen-bond donors (Lipinski definition) is 1. The molecule has 1 aliphatic rings. The standard InChI is InChI=1S/C17H23NO3/c1-4-13-7-5-6-11(2)15(13)18(10-12(3)17(20)21)16(19)14-8-9-14/h5-7,12,14H,4,8-10H2,1-3H3,(H,20,21). The Morgan fingerprint density at radius 2 is 2.05 bits per heavy atom. The van der Waals surface area contributed by atoms with Gasteiger partial charge in [0.1, 0.15) is 0 Å². The lowest BCUT2D eigenvalue weighted by molar-refractivity contribution is -0.140. The van der Waals surface area contributed by atoms with E-state index >= 15 is 0 Å². The second-order valence-electron chi connectivity index (χ2n) is 5.90. The second-order valence-corrected chi connectivity index (χ2v) is 5.90. The largest absolute Gasteiger partial charge is 0.481 e. The highest BCUT2D eigenvalue weighted by Gasteiger charge is 2.36. The number of carbonyl (C=O) groups is 2. The molecule has 1 aromatic rings. The van der Waals surface area contributed by atoms with Gasteiger partial charge in [-0.2, -0.15) is 0 Å². The third-order valence-electron chi connectivity index (χ3n) is 4.04. The summed E-state index contributed by atoms with van der Waals surface area (Å²) in [5, 5.41) is 9.17. The van der Waals surface area contributed by atoms with Gasteiger partial charge >= 0.3 is 5.97 Å². The molecule has 21 heavy (non-hydrogen) atoms. The fourth-order valence-corrected chi connectivity index (χ4v) is 2.59. The molecular weight excluding hydrogens is 266 g/mol. The van der Waals surface area contributed by atoms with Crippen LogP contribution in [0.5, 0.6) is 0 Å². The normalized spacial score (nSPS) is 15.6. The molecule has 0 radical (unpaired) electrons. The van der Waals surface area contributed by atoms with E-state index in [0.717, 1.165) is 36.1 Å². The van der Waals surface area contributed by atoms with Gasteiger partial charge in [-0.05, 0) is 37.3 Å². The monoisotopic (exact) mass is 289 g/mol. The van der Waals surface area contributed by atoms with Gasteiger partial charge < -0.3 is 10.0 Å². The fourth-order valence-electron chi connectivity index (χ4n) is 2.59. The average molecular weight is 289 g/mol. The van der Waals surface area contributed by atoms with E-state index in [1.54, 1.807) is 11.8 Å². The van der Waals surface area contributed by atoms with E-state index < -0.39 is 11.9 Å². The first kappa shape index (κ1) is 15.5. The number of hydrogen-bond acceptors (Lipinski definition) is 2. The number of anilines is 1. The summed E-state index contributed by atoms with van der Waals surface area (Å²) in [7, 11) is 0. The van der Waals surface area contributed by atoms with Crippen molar-refractivity contribution in [2.75, 3.05) is 11.4 Å². The number of para-hydroxylation sites is 1. The van der Waals surface area contributed by atoms with E-state index in [1.165, 1.54) is 0 Å². The van der Waals surface area contributed by atoms with Gasteiger partial charge in [0.05, 0.1) is 5.92 Å². The number of amides is 1. The van der Waals surface area contributed by atoms with E-state index in [0.29, 0.717) is 0 Å². The topological polar surface area (TPSA) is 57.6 Å². The lowest BCUT2D eigenvalue weighted by Gasteiger charge is -2.28. The van der Waals surface area contributed by atoms with Crippen LogP contribution in [0.4, 0.5) is 5.69 Å². The molecule has 1 N–H and O–H groups in total. The third kappa shape index (κ3) is 3.43. The molecule has 0 aliphatic heterocycles. The number of carboxylic acid groups (broad SMARTS) is 1. The average Bonchev–Trinajstić information content (AvgIpc) is 3.28. The number of rotatable bonds is 6. The first-order valence-corrected chi connectivity index (χ1v) is 7.58. The van der Waals surface area contributed by atoms with E-state index in [4.69, 9.17) is 0 Å². The first-order valence-electron chi connectivity index (χ1n) is 7.58. The van der Waals surface area contributed by atoms with Crippen molar-refractivity contribution in [1.82, 2.24) is 0 Å². The van der Waals surface area contributed by atoms with Crippen LogP contribution in [0.3, 0.4) is 0 Å². The van der Waals surface area contributed by atoms with Gasteiger partial charge in [0, 0.05) is 18.2 Å². The van der Waals surface area contributed by atoms with Gasteiger partial charge in [-0.1, -0.05) is 32.0 Å². The SMILES string of the molecule is CCc1cccc(C)c1N(CC(C)C(=O)O)C(=O)C1CC1.